The van der Waals surface area contributed by atoms with Gasteiger partial charge < -0.3 is 9.53 Å². The molecule has 0 amide bonds. The summed E-state index contributed by atoms with van der Waals surface area (Å²) in [4.78, 5) is 15.2. The molecular weight excluding hydrogens is 258 g/mol. The van der Waals surface area contributed by atoms with E-state index in [-0.39, 0.29) is 10.6 Å². The van der Waals surface area contributed by atoms with Gasteiger partial charge >= 0.3 is 5.97 Å². The van der Waals surface area contributed by atoms with E-state index in [1.807, 2.05) is 0 Å². The average Bonchev–Trinajstić information content (AvgIpc) is 2.27. The Morgan fingerprint density at radius 1 is 1.42 bits per heavy atom. The van der Waals surface area contributed by atoms with Crippen LogP contribution < -0.4 is 0 Å². The number of carboxylic acid groups (broad SMARTS) is 1. The third kappa shape index (κ3) is 4.14. The smallest absolute Gasteiger partial charge is 0.337 e. The molecule has 5 heteroatoms. The van der Waals surface area contributed by atoms with Gasteiger partial charge in [-0.3, -0.25) is 4.98 Å². The summed E-state index contributed by atoms with van der Waals surface area (Å²) in [5, 5.41) is 9.24. The maximum absolute atomic E-state index is 11.1. The topological polar surface area (TPSA) is 59.4 Å². The first kappa shape index (κ1) is 15.9. The summed E-state index contributed by atoms with van der Waals surface area (Å²) >= 11 is 0. The molecule has 1 N–H and O–H groups in total. The van der Waals surface area contributed by atoms with E-state index in [4.69, 9.17) is 9.53 Å². The molecule has 4 nitrogen and oxygen atoms in total. The fourth-order valence-corrected chi connectivity index (χ4v) is 2.50. The van der Waals surface area contributed by atoms with Crippen molar-refractivity contribution in [3.8, 4) is 0 Å². The lowest BCUT2D eigenvalue weighted by Gasteiger charge is -2.36. The van der Waals surface area contributed by atoms with Crippen LogP contribution in [0.2, 0.25) is 18.1 Å². The Labute approximate surface area is 116 Å². The van der Waals surface area contributed by atoms with E-state index in [0.717, 1.165) is 0 Å². The lowest BCUT2D eigenvalue weighted by Crippen LogP contribution is -2.41. The Morgan fingerprint density at radius 2 is 2.05 bits per heavy atom. The summed E-state index contributed by atoms with van der Waals surface area (Å²) in [7, 11) is -1.78. The first-order valence-corrected chi connectivity index (χ1v) is 9.37. The third-order valence-electron chi connectivity index (χ3n) is 3.73. The van der Waals surface area contributed by atoms with Gasteiger partial charge in [0.25, 0.3) is 0 Å². The Hall–Kier alpha value is -1.20. The van der Waals surface area contributed by atoms with Crippen molar-refractivity contribution >= 4 is 14.3 Å². The maximum atomic E-state index is 11.1. The molecule has 0 aliphatic heterocycles. The monoisotopic (exact) mass is 281 g/mol. The van der Waals surface area contributed by atoms with Crippen LogP contribution in [0.15, 0.2) is 18.3 Å². The summed E-state index contributed by atoms with van der Waals surface area (Å²) < 4.78 is 6.04. The van der Waals surface area contributed by atoms with Gasteiger partial charge in [-0.2, -0.15) is 0 Å². The molecule has 0 aromatic carbocycles. The van der Waals surface area contributed by atoms with Crippen LogP contribution in [0.25, 0.3) is 0 Å². The van der Waals surface area contributed by atoms with Gasteiger partial charge in [0.15, 0.2) is 8.32 Å². The second kappa shape index (κ2) is 5.84. The van der Waals surface area contributed by atoms with Gasteiger partial charge in [-0.1, -0.05) is 20.8 Å². The fourth-order valence-electron chi connectivity index (χ4n) is 1.45. The van der Waals surface area contributed by atoms with Crippen LogP contribution in [-0.2, 0) is 10.8 Å². The van der Waals surface area contributed by atoms with Crippen molar-refractivity contribution in [3.05, 3.63) is 29.6 Å². The maximum Gasteiger partial charge on any atom is 0.337 e. The van der Waals surface area contributed by atoms with Crippen LogP contribution in [0, 0.1) is 0 Å². The molecular formula is C14H23NO3Si. The van der Waals surface area contributed by atoms with Crippen LogP contribution >= 0.6 is 0 Å². The Morgan fingerprint density at radius 3 is 2.58 bits per heavy atom. The summed E-state index contributed by atoms with van der Waals surface area (Å²) in [6.45, 7) is 11.4. The van der Waals surface area contributed by atoms with Crippen molar-refractivity contribution in [2.24, 2.45) is 0 Å². The summed E-state index contributed by atoms with van der Waals surface area (Å²) in [6.07, 6.45) is 2.16. The SMILES string of the molecule is CC(C)(C)[Si](C)(C)OCCc1ncccc1C(=O)O. The number of aromatic carboxylic acids is 1. The standard InChI is InChI=1S/C14H23NO3Si/c1-14(2,3)19(4,5)18-10-8-12-11(13(16)17)7-6-9-15-12/h6-7,9H,8,10H2,1-5H3,(H,16,17). The molecule has 0 aliphatic carbocycles. The van der Waals surface area contributed by atoms with Gasteiger partial charge in [-0.05, 0) is 30.3 Å². The second-order valence-corrected chi connectivity index (χ2v) is 11.0. The molecule has 1 heterocycles. The van der Waals surface area contributed by atoms with E-state index in [1.165, 1.54) is 0 Å². The van der Waals surface area contributed by atoms with Crippen LogP contribution in [0.1, 0.15) is 36.8 Å². The highest BCUT2D eigenvalue weighted by molar-refractivity contribution is 6.74. The predicted molar refractivity (Wildman–Crippen MR) is 78.0 cm³/mol. The Balaban J connectivity index is 2.67. The molecule has 1 aromatic rings. The summed E-state index contributed by atoms with van der Waals surface area (Å²) in [6, 6.07) is 3.22. The van der Waals surface area contributed by atoms with Crippen molar-refractivity contribution < 1.29 is 14.3 Å². The molecule has 0 spiro atoms. The highest BCUT2D eigenvalue weighted by atomic mass is 28.4. The second-order valence-electron chi connectivity index (χ2n) is 6.16. The summed E-state index contributed by atoms with van der Waals surface area (Å²) in [5.41, 5.74) is 0.857. The zero-order chi connectivity index (χ0) is 14.7. The quantitative estimate of drug-likeness (QED) is 0.841. The number of carboxylic acids is 1. The Kier molecular flexibility index (Phi) is 4.87. The van der Waals surface area contributed by atoms with E-state index in [9.17, 15) is 4.79 Å². The van der Waals surface area contributed by atoms with Gasteiger partial charge in [-0.15, -0.1) is 0 Å². The number of hydrogen-bond acceptors (Lipinski definition) is 3. The van der Waals surface area contributed by atoms with E-state index < -0.39 is 14.3 Å². The van der Waals surface area contributed by atoms with Crippen molar-refractivity contribution in [1.82, 2.24) is 4.98 Å². The minimum absolute atomic E-state index is 0.159. The lowest BCUT2D eigenvalue weighted by atomic mass is 10.1. The number of aromatic nitrogens is 1. The fraction of sp³-hybridized carbons (Fsp3) is 0.571. The van der Waals surface area contributed by atoms with E-state index >= 15 is 0 Å². The summed E-state index contributed by atoms with van der Waals surface area (Å²) in [5.74, 6) is -0.935. The zero-order valence-electron chi connectivity index (χ0n) is 12.4. The number of nitrogens with zero attached hydrogens (tertiary/aromatic N) is 1. The van der Waals surface area contributed by atoms with Gasteiger partial charge in [-0.25, -0.2) is 4.79 Å². The molecule has 0 saturated carbocycles. The molecule has 106 valence electrons. The molecule has 0 bridgehead atoms. The number of carbonyl (C=O) groups is 1. The molecule has 0 fully saturated rings. The van der Waals surface area contributed by atoms with Crippen LogP contribution in [0.5, 0.6) is 0 Å². The molecule has 0 radical (unpaired) electrons. The highest BCUT2D eigenvalue weighted by Crippen LogP contribution is 2.36. The number of hydrogen-bond donors (Lipinski definition) is 1. The Bertz CT molecular complexity index is 452. The molecule has 1 rings (SSSR count). The first-order valence-electron chi connectivity index (χ1n) is 6.46. The van der Waals surface area contributed by atoms with Crippen molar-refractivity contribution in [2.75, 3.05) is 6.61 Å². The lowest BCUT2D eigenvalue weighted by molar-refractivity contribution is 0.0695. The van der Waals surface area contributed by atoms with Crippen LogP contribution in [0.4, 0.5) is 0 Å². The molecule has 0 atom stereocenters. The minimum atomic E-state index is -1.78. The van der Waals surface area contributed by atoms with Crippen molar-refractivity contribution in [1.29, 1.82) is 0 Å². The van der Waals surface area contributed by atoms with Gasteiger partial charge in [0.05, 0.1) is 11.3 Å². The van der Waals surface area contributed by atoms with Crippen LogP contribution in [0.3, 0.4) is 0 Å². The number of pyridine rings is 1. The van der Waals surface area contributed by atoms with Crippen molar-refractivity contribution in [3.63, 3.8) is 0 Å². The first-order chi connectivity index (χ1) is 8.65. The predicted octanol–water partition coefficient (Wildman–Crippen LogP) is 3.34. The normalized spacial score (nSPS) is 12.5. The molecule has 0 saturated heterocycles. The van der Waals surface area contributed by atoms with Crippen molar-refractivity contribution in [2.45, 2.75) is 45.3 Å². The number of rotatable bonds is 5. The van der Waals surface area contributed by atoms with E-state index in [1.54, 1.807) is 18.3 Å². The van der Waals surface area contributed by atoms with Gasteiger partial charge in [0.1, 0.15) is 0 Å². The van der Waals surface area contributed by atoms with E-state index in [2.05, 4.69) is 38.8 Å². The van der Waals surface area contributed by atoms with Crippen LogP contribution in [-0.4, -0.2) is 31.0 Å². The molecule has 0 aliphatic rings. The van der Waals surface area contributed by atoms with E-state index in [0.29, 0.717) is 18.7 Å². The van der Waals surface area contributed by atoms with Gasteiger partial charge in [0.2, 0.25) is 0 Å². The third-order valence-corrected chi connectivity index (χ3v) is 8.27. The average molecular weight is 281 g/mol. The zero-order valence-corrected chi connectivity index (χ0v) is 13.4. The van der Waals surface area contributed by atoms with Gasteiger partial charge in [0, 0.05) is 19.2 Å². The molecule has 19 heavy (non-hydrogen) atoms. The highest BCUT2D eigenvalue weighted by Gasteiger charge is 2.36. The minimum Gasteiger partial charge on any atom is -0.478 e. The largest absolute Gasteiger partial charge is 0.478 e. The molecule has 1 aromatic heterocycles. The molecule has 0 unspecified atom stereocenters.